The summed E-state index contributed by atoms with van der Waals surface area (Å²) >= 11 is 0. The van der Waals surface area contributed by atoms with E-state index < -0.39 is 11.9 Å². The third-order valence-electron chi connectivity index (χ3n) is 3.24. The van der Waals surface area contributed by atoms with Gasteiger partial charge in [-0.3, -0.25) is 4.79 Å². The van der Waals surface area contributed by atoms with E-state index in [2.05, 4.69) is 9.99 Å². The van der Waals surface area contributed by atoms with Gasteiger partial charge in [0.1, 0.15) is 11.5 Å². The van der Waals surface area contributed by atoms with Crippen molar-refractivity contribution in [3.05, 3.63) is 53.3 Å². The molecule has 1 aliphatic rings. The maximum Gasteiger partial charge on any atom is 0.367 e. The Kier molecular flexibility index (Phi) is 3.34. The zero-order chi connectivity index (χ0) is 15.7. The predicted molar refractivity (Wildman–Crippen MR) is 79.8 cm³/mol. The lowest BCUT2D eigenvalue weighted by atomic mass is 10.1. The summed E-state index contributed by atoms with van der Waals surface area (Å²) in [5.41, 5.74) is 7.30. The van der Waals surface area contributed by atoms with Crippen LogP contribution in [0, 0.1) is 0 Å². The molecule has 0 unspecified atom stereocenters. The molecule has 2 heterocycles. The van der Waals surface area contributed by atoms with Crippen LogP contribution in [0.5, 0.6) is 0 Å². The van der Waals surface area contributed by atoms with E-state index in [0.717, 1.165) is 5.56 Å². The number of carbonyl (C=O) groups excluding carboxylic acids is 2. The number of nitrogens with two attached hydrogens (primary N) is 1. The summed E-state index contributed by atoms with van der Waals surface area (Å²) in [5.74, 6) is 0.147. The van der Waals surface area contributed by atoms with E-state index in [0.29, 0.717) is 28.4 Å². The van der Waals surface area contributed by atoms with Crippen LogP contribution in [0.4, 0.5) is 0 Å². The first-order valence-corrected chi connectivity index (χ1v) is 6.52. The third kappa shape index (κ3) is 2.54. The fraction of sp³-hybridized carbons (Fsp3) is 0.0625. The van der Waals surface area contributed by atoms with Crippen molar-refractivity contribution in [2.45, 2.75) is 6.92 Å². The third-order valence-corrected chi connectivity index (χ3v) is 3.24. The molecular formula is C16H12N2O4. The Balaban J connectivity index is 1.88. The van der Waals surface area contributed by atoms with Crippen molar-refractivity contribution in [1.29, 1.82) is 0 Å². The Morgan fingerprint density at radius 1 is 1.18 bits per heavy atom. The first kappa shape index (κ1) is 13.8. The van der Waals surface area contributed by atoms with E-state index in [4.69, 9.17) is 10.2 Å². The van der Waals surface area contributed by atoms with Crippen LogP contribution in [0.25, 0.3) is 17.4 Å². The molecule has 2 aromatic rings. The normalized spacial score (nSPS) is 15.8. The van der Waals surface area contributed by atoms with Crippen molar-refractivity contribution >= 4 is 23.7 Å². The molecule has 6 heteroatoms. The number of rotatable bonds is 3. The SMILES string of the molecule is CC1=NOC(=O)/C1=C/c1ccc(-c2ccc(C(N)=O)cc2)o1. The molecule has 2 N–H and O–H groups in total. The molecule has 0 saturated heterocycles. The van der Waals surface area contributed by atoms with E-state index in [9.17, 15) is 9.59 Å². The van der Waals surface area contributed by atoms with Crippen molar-refractivity contribution in [3.63, 3.8) is 0 Å². The van der Waals surface area contributed by atoms with E-state index in [-0.39, 0.29) is 0 Å². The number of benzene rings is 1. The second kappa shape index (κ2) is 5.33. The topological polar surface area (TPSA) is 94.9 Å². The largest absolute Gasteiger partial charge is 0.457 e. The Morgan fingerprint density at radius 2 is 1.91 bits per heavy atom. The van der Waals surface area contributed by atoms with Crippen molar-refractivity contribution in [2.75, 3.05) is 0 Å². The van der Waals surface area contributed by atoms with Gasteiger partial charge in [0.05, 0.1) is 11.3 Å². The van der Waals surface area contributed by atoms with Crippen LogP contribution in [0.1, 0.15) is 23.0 Å². The van der Waals surface area contributed by atoms with Crippen LogP contribution in [0.2, 0.25) is 0 Å². The number of primary amides is 1. The summed E-state index contributed by atoms with van der Waals surface area (Å²) in [5, 5.41) is 3.60. The highest BCUT2D eigenvalue weighted by atomic mass is 16.7. The minimum absolute atomic E-state index is 0.366. The zero-order valence-electron chi connectivity index (χ0n) is 11.7. The molecule has 1 amide bonds. The molecule has 1 aromatic carbocycles. The van der Waals surface area contributed by atoms with Crippen LogP contribution in [0.3, 0.4) is 0 Å². The van der Waals surface area contributed by atoms with Crippen LogP contribution < -0.4 is 5.73 Å². The van der Waals surface area contributed by atoms with Gasteiger partial charge in [0, 0.05) is 11.1 Å². The first-order valence-electron chi connectivity index (χ1n) is 6.52. The zero-order valence-corrected chi connectivity index (χ0v) is 11.7. The highest BCUT2D eigenvalue weighted by molar-refractivity contribution is 6.24. The van der Waals surface area contributed by atoms with Gasteiger partial charge in [0.15, 0.2) is 0 Å². The van der Waals surface area contributed by atoms with Gasteiger partial charge in [-0.05, 0) is 37.3 Å². The van der Waals surface area contributed by atoms with E-state index in [1.165, 1.54) is 0 Å². The van der Waals surface area contributed by atoms with E-state index >= 15 is 0 Å². The van der Waals surface area contributed by atoms with Crippen molar-refractivity contribution < 1.29 is 18.8 Å². The molecule has 1 aromatic heterocycles. The maximum atomic E-state index is 11.5. The molecule has 0 saturated carbocycles. The van der Waals surface area contributed by atoms with Gasteiger partial charge >= 0.3 is 5.97 Å². The quantitative estimate of drug-likeness (QED) is 0.694. The lowest BCUT2D eigenvalue weighted by molar-refractivity contribution is -0.136. The second-order valence-electron chi connectivity index (χ2n) is 4.76. The van der Waals surface area contributed by atoms with Gasteiger partial charge in [-0.15, -0.1) is 0 Å². The molecule has 22 heavy (non-hydrogen) atoms. The fourth-order valence-electron chi connectivity index (χ4n) is 2.05. The van der Waals surface area contributed by atoms with Crippen LogP contribution >= 0.6 is 0 Å². The van der Waals surface area contributed by atoms with Crippen LogP contribution in [-0.4, -0.2) is 17.6 Å². The summed E-state index contributed by atoms with van der Waals surface area (Å²) in [4.78, 5) is 27.1. The lowest BCUT2D eigenvalue weighted by Crippen LogP contribution is -2.10. The Labute approximate surface area is 125 Å². The van der Waals surface area contributed by atoms with Gasteiger partial charge in [-0.2, -0.15) is 0 Å². The van der Waals surface area contributed by atoms with E-state index in [1.54, 1.807) is 49.4 Å². The minimum atomic E-state index is -0.499. The number of hydrogen-bond donors (Lipinski definition) is 1. The monoisotopic (exact) mass is 296 g/mol. The molecule has 0 atom stereocenters. The number of amides is 1. The fourth-order valence-corrected chi connectivity index (χ4v) is 2.05. The highest BCUT2D eigenvalue weighted by Gasteiger charge is 2.22. The first-order chi connectivity index (χ1) is 10.5. The van der Waals surface area contributed by atoms with Crippen molar-refractivity contribution in [2.24, 2.45) is 10.9 Å². The average Bonchev–Trinajstić information content (AvgIpc) is 3.10. The Morgan fingerprint density at radius 3 is 2.50 bits per heavy atom. The molecule has 0 radical (unpaired) electrons. The molecule has 0 spiro atoms. The lowest BCUT2D eigenvalue weighted by Gasteiger charge is -1.98. The molecule has 0 fully saturated rings. The summed E-state index contributed by atoms with van der Waals surface area (Å²) < 4.78 is 5.67. The minimum Gasteiger partial charge on any atom is -0.457 e. The summed E-state index contributed by atoms with van der Waals surface area (Å²) in [6.07, 6.45) is 1.58. The van der Waals surface area contributed by atoms with E-state index in [1.807, 2.05) is 0 Å². The highest BCUT2D eigenvalue weighted by Crippen LogP contribution is 2.25. The number of furan rings is 1. The second-order valence-corrected chi connectivity index (χ2v) is 4.76. The van der Waals surface area contributed by atoms with Gasteiger partial charge in [0.25, 0.3) is 0 Å². The Bertz CT molecular complexity index is 813. The number of nitrogens with zero attached hydrogens (tertiary/aromatic N) is 1. The van der Waals surface area contributed by atoms with Gasteiger partial charge in [-0.1, -0.05) is 17.3 Å². The molecule has 1 aliphatic heterocycles. The summed E-state index contributed by atoms with van der Waals surface area (Å²) in [7, 11) is 0. The summed E-state index contributed by atoms with van der Waals surface area (Å²) in [6.45, 7) is 1.68. The number of carbonyl (C=O) groups is 2. The maximum absolute atomic E-state index is 11.5. The van der Waals surface area contributed by atoms with Gasteiger partial charge < -0.3 is 15.0 Å². The molecule has 0 aliphatic carbocycles. The van der Waals surface area contributed by atoms with Crippen molar-refractivity contribution in [3.8, 4) is 11.3 Å². The number of oxime groups is 1. The molecular weight excluding hydrogens is 284 g/mol. The predicted octanol–water partition coefficient (Wildman–Crippen LogP) is 2.36. The van der Waals surface area contributed by atoms with Crippen molar-refractivity contribution in [1.82, 2.24) is 0 Å². The molecule has 6 nitrogen and oxygen atoms in total. The van der Waals surface area contributed by atoms with Gasteiger partial charge in [-0.25, -0.2) is 4.79 Å². The smallest absolute Gasteiger partial charge is 0.367 e. The summed E-state index contributed by atoms with van der Waals surface area (Å²) in [6, 6.07) is 10.3. The Hall–Kier alpha value is -3.15. The average molecular weight is 296 g/mol. The molecule has 3 rings (SSSR count). The van der Waals surface area contributed by atoms with Gasteiger partial charge in [0.2, 0.25) is 5.91 Å². The van der Waals surface area contributed by atoms with Crippen LogP contribution in [-0.2, 0) is 9.63 Å². The standard InChI is InChI=1S/C16H12N2O4/c1-9-13(16(20)22-18-9)8-12-6-7-14(21-12)10-2-4-11(5-3-10)15(17)19/h2-8H,1H3,(H2,17,19)/b13-8+. The van der Waals surface area contributed by atoms with Crippen LogP contribution in [0.15, 0.2) is 51.5 Å². The molecule has 0 bridgehead atoms. The molecule has 110 valence electrons. The number of hydrogen-bond acceptors (Lipinski definition) is 5.